The average Bonchev–Trinajstić information content (AvgIpc) is 3.06. The van der Waals surface area contributed by atoms with Gasteiger partial charge in [0.1, 0.15) is 6.17 Å². The lowest BCUT2D eigenvalue weighted by atomic mass is 9.72. The Balaban J connectivity index is 1.94. The summed E-state index contributed by atoms with van der Waals surface area (Å²) in [6.45, 7) is 6.75. The van der Waals surface area contributed by atoms with Crippen molar-refractivity contribution < 1.29 is 4.79 Å². The van der Waals surface area contributed by atoms with Gasteiger partial charge in [-0.2, -0.15) is 0 Å². The molecular weight excluding hydrogens is 280 g/mol. The van der Waals surface area contributed by atoms with Gasteiger partial charge < -0.3 is 4.90 Å². The molecule has 1 amide bonds. The fourth-order valence-electron chi connectivity index (χ4n) is 3.93. The Labute approximate surface area is 131 Å². The van der Waals surface area contributed by atoms with Crippen molar-refractivity contribution >= 4 is 17.2 Å². The van der Waals surface area contributed by atoms with Crippen molar-refractivity contribution in [3.05, 3.63) is 22.4 Å². The highest BCUT2D eigenvalue weighted by molar-refractivity contribution is 7.10. The Hall–Kier alpha value is -0.870. The third kappa shape index (κ3) is 2.64. The molecule has 2 aliphatic rings. The van der Waals surface area contributed by atoms with Crippen LogP contribution in [0.15, 0.2) is 17.5 Å². The van der Waals surface area contributed by atoms with Crippen molar-refractivity contribution in [3.63, 3.8) is 0 Å². The van der Waals surface area contributed by atoms with Gasteiger partial charge in [0.2, 0.25) is 5.91 Å². The van der Waals surface area contributed by atoms with Crippen LogP contribution in [0.2, 0.25) is 0 Å². The van der Waals surface area contributed by atoms with Gasteiger partial charge in [0.05, 0.1) is 6.04 Å². The number of nitrogens with one attached hydrogen (secondary N) is 1. The zero-order chi connectivity index (χ0) is 15.0. The van der Waals surface area contributed by atoms with Crippen molar-refractivity contribution in [2.24, 2.45) is 5.41 Å². The number of hydrogen-bond donors (Lipinski definition) is 1. The van der Waals surface area contributed by atoms with Crippen molar-refractivity contribution in [1.29, 1.82) is 0 Å². The number of amides is 1. The SMILES string of the molecule is CCC1NC(c2cccs2)N(C2CCCCC2(C)C)C1=O. The normalized spacial score (nSPS) is 32.6. The molecule has 0 aromatic carbocycles. The van der Waals surface area contributed by atoms with E-state index in [1.807, 2.05) is 0 Å². The van der Waals surface area contributed by atoms with Crippen LogP contribution in [0.3, 0.4) is 0 Å². The van der Waals surface area contributed by atoms with Gasteiger partial charge in [0, 0.05) is 10.9 Å². The van der Waals surface area contributed by atoms with Crippen LogP contribution in [-0.4, -0.2) is 22.9 Å². The Morgan fingerprint density at radius 3 is 2.86 bits per heavy atom. The van der Waals surface area contributed by atoms with E-state index < -0.39 is 0 Å². The van der Waals surface area contributed by atoms with Crippen LogP contribution in [0.25, 0.3) is 0 Å². The van der Waals surface area contributed by atoms with Gasteiger partial charge in [-0.15, -0.1) is 11.3 Å². The van der Waals surface area contributed by atoms with E-state index >= 15 is 0 Å². The third-order valence-electron chi connectivity index (χ3n) is 5.20. The summed E-state index contributed by atoms with van der Waals surface area (Å²) < 4.78 is 0. The van der Waals surface area contributed by atoms with Crippen molar-refractivity contribution in [2.75, 3.05) is 0 Å². The molecule has 0 spiro atoms. The molecule has 21 heavy (non-hydrogen) atoms. The molecule has 1 aliphatic carbocycles. The van der Waals surface area contributed by atoms with Gasteiger partial charge in [0.15, 0.2) is 0 Å². The largest absolute Gasteiger partial charge is 0.317 e. The van der Waals surface area contributed by atoms with E-state index in [0.29, 0.717) is 11.9 Å². The summed E-state index contributed by atoms with van der Waals surface area (Å²) in [5, 5.41) is 5.67. The molecule has 1 N–H and O–H groups in total. The van der Waals surface area contributed by atoms with Crippen molar-refractivity contribution in [2.45, 2.75) is 71.1 Å². The lowest BCUT2D eigenvalue weighted by molar-refractivity contribution is -0.136. The predicted octanol–water partition coefficient (Wildman–Crippen LogP) is 3.93. The van der Waals surface area contributed by atoms with E-state index in [9.17, 15) is 4.79 Å². The summed E-state index contributed by atoms with van der Waals surface area (Å²) >= 11 is 1.75. The summed E-state index contributed by atoms with van der Waals surface area (Å²) in [5.74, 6) is 0.302. The number of rotatable bonds is 3. The third-order valence-corrected chi connectivity index (χ3v) is 6.12. The van der Waals surface area contributed by atoms with Crippen LogP contribution in [0.4, 0.5) is 0 Å². The first-order valence-electron chi connectivity index (χ1n) is 8.16. The maximum atomic E-state index is 12.9. The van der Waals surface area contributed by atoms with Gasteiger partial charge in [-0.25, -0.2) is 0 Å². The summed E-state index contributed by atoms with van der Waals surface area (Å²) in [6.07, 6.45) is 5.83. The maximum absolute atomic E-state index is 12.9. The quantitative estimate of drug-likeness (QED) is 0.918. The first kappa shape index (κ1) is 15.0. The van der Waals surface area contributed by atoms with E-state index in [0.717, 1.165) is 12.8 Å². The molecule has 1 aliphatic heterocycles. The molecule has 0 bridgehead atoms. The molecule has 3 unspecified atom stereocenters. The number of nitrogens with zero attached hydrogens (tertiary/aromatic N) is 1. The van der Waals surface area contributed by atoms with Crippen LogP contribution in [0.5, 0.6) is 0 Å². The Morgan fingerprint density at radius 2 is 2.24 bits per heavy atom. The number of hydrogen-bond acceptors (Lipinski definition) is 3. The minimum absolute atomic E-state index is 0.0187. The molecule has 3 rings (SSSR count). The topological polar surface area (TPSA) is 32.3 Å². The van der Waals surface area contributed by atoms with Crippen molar-refractivity contribution in [1.82, 2.24) is 10.2 Å². The standard InChI is InChI=1S/C17H26N2OS/c1-4-12-16(20)19(14-9-5-6-10-17(14,2)3)15(18-12)13-8-7-11-21-13/h7-8,11-12,14-15,18H,4-6,9-10H2,1-3H3. The highest BCUT2D eigenvalue weighted by Gasteiger charge is 2.47. The zero-order valence-corrected chi connectivity index (χ0v) is 14.1. The second-order valence-electron chi connectivity index (χ2n) is 7.04. The Morgan fingerprint density at radius 1 is 1.43 bits per heavy atom. The molecule has 1 saturated carbocycles. The minimum atomic E-state index is -0.0187. The van der Waals surface area contributed by atoms with Crippen LogP contribution in [0, 0.1) is 5.41 Å². The summed E-state index contributed by atoms with van der Waals surface area (Å²) in [4.78, 5) is 16.3. The molecule has 1 aromatic heterocycles. The molecule has 3 nitrogen and oxygen atoms in total. The molecule has 1 saturated heterocycles. The number of carbonyl (C=O) groups excluding carboxylic acids is 1. The maximum Gasteiger partial charge on any atom is 0.241 e. The fraction of sp³-hybridized carbons (Fsp3) is 0.706. The molecule has 3 atom stereocenters. The van der Waals surface area contributed by atoms with Gasteiger partial charge in [-0.1, -0.05) is 39.7 Å². The van der Waals surface area contributed by atoms with Crippen LogP contribution >= 0.6 is 11.3 Å². The average molecular weight is 306 g/mol. The number of carbonyl (C=O) groups is 1. The van der Waals surface area contributed by atoms with Crippen molar-refractivity contribution in [3.8, 4) is 0 Å². The second-order valence-corrected chi connectivity index (χ2v) is 8.02. The zero-order valence-electron chi connectivity index (χ0n) is 13.3. The molecule has 4 heteroatoms. The second kappa shape index (κ2) is 5.73. The first-order chi connectivity index (χ1) is 10.0. The molecular formula is C17H26N2OS. The lowest BCUT2D eigenvalue weighted by Crippen LogP contribution is -2.49. The molecule has 1 aromatic rings. The summed E-state index contributed by atoms with van der Waals surface area (Å²) in [6, 6.07) is 4.57. The Kier molecular flexibility index (Phi) is 4.10. The van der Waals surface area contributed by atoms with Gasteiger partial charge >= 0.3 is 0 Å². The smallest absolute Gasteiger partial charge is 0.241 e. The van der Waals surface area contributed by atoms with Crippen LogP contribution < -0.4 is 5.32 Å². The minimum Gasteiger partial charge on any atom is -0.317 e. The fourth-order valence-corrected chi connectivity index (χ4v) is 4.71. The van der Waals surface area contributed by atoms with E-state index in [4.69, 9.17) is 0 Å². The molecule has 116 valence electrons. The van der Waals surface area contributed by atoms with E-state index in [-0.39, 0.29) is 17.6 Å². The van der Waals surface area contributed by atoms with Gasteiger partial charge in [-0.05, 0) is 36.1 Å². The highest BCUT2D eigenvalue weighted by atomic mass is 32.1. The van der Waals surface area contributed by atoms with Crippen LogP contribution in [-0.2, 0) is 4.79 Å². The first-order valence-corrected chi connectivity index (χ1v) is 9.04. The van der Waals surface area contributed by atoms with Gasteiger partial charge in [0.25, 0.3) is 0 Å². The van der Waals surface area contributed by atoms with Crippen LogP contribution in [0.1, 0.15) is 63.9 Å². The van der Waals surface area contributed by atoms with E-state index in [1.54, 1.807) is 11.3 Å². The summed E-state index contributed by atoms with van der Waals surface area (Å²) in [7, 11) is 0. The highest BCUT2D eigenvalue weighted by Crippen LogP contribution is 2.43. The molecule has 2 heterocycles. The van der Waals surface area contributed by atoms with Gasteiger partial charge in [-0.3, -0.25) is 10.1 Å². The summed E-state index contributed by atoms with van der Waals surface area (Å²) in [5.41, 5.74) is 0.216. The molecule has 0 radical (unpaired) electrons. The van der Waals surface area contributed by atoms with E-state index in [1.165, 1.54) is 24.1 Å². The lowest BCUT2D eigenvalue weighted by Gasteiger charge is -2.45. The Bertz CT molecular complexity index is 497. The monoisotopic (exact) mass is 306 g/mol. The molecule has 2 fully saturated rings. The number of thiophene rings is 1. The van der Waals surface area contributed by atoms with E-state index in [2.05, 4.69) is 48.5 Å². The predicted molar refractivity (Wildman–Crippen MR) is 87.2 cm³/mol.